The number of alkyl halides is 3. The fraction of sp³-hybridized carbons (Fsp3) is 0.0455. The SMILES string of the molecule is O=C(/C=C\c1ccc(OC(F)(F)F)cc1)Nc1ccc(Oc2ccccc2)cc1. The van der Waals surface area contributed by atoms with E-state index in [1.54, 1.807) is 24.3 Å². The number of ether oxygens (including phenoxy) is 2. The van der Waals surface area contributed by atoms with E-state index < -0.39 is 6.36 Å². The smallest absolute Gasteiger partial charge is 0.457 e. The Morgan fingerprint density at radius 3 is 2.00 bits per heavy atom. The number of halogens is 3. The van der Waals surface area contributed by atoms with Gasteiger partial charge in [0.1, 0.15) is 17.2 Å². The number of hydrogen-bond acceptors (Lipinski definition) is 3. The summed E-state index contributed by atoms with van der Waals surface area (Å²) in [5.41, 5.74) is 1.13. The molecule has 3 aromatic rings. The van der Waals surface area contributed by atoms with Gasteiger partial charge >= 0.3 is 6.36 Å². The quantitative estimate of drug-likeness (QED) is 0.515. The van der Waals surface area contributed by atoms with Crippen LogP contribution in [0.3, 0.4) is 0 Å². The molecule has 0 atom stereocenters. The Morgan fingerprint density at radius 2 is 1.38 bits per heavy atom. The normalized spacial score (nSPS) is 11.3. The number of hydrogen-bond donors (Lipinski definition) is 1. The van der Waals surface area contributed by atoms with Crippen LogP contribution in [0.4, 0.5) is 18.9 Å². The number of anilines is 1. The molecule has 0 unspecified atom stereocenters. The van der Waals surface area contributed by atoms with Gasteiger partial charge in [0.2, 0.25) is 5.91 Å². The van der Waals surface area contributed by atoms with Crippen LogP contribution in [0.2, 0.25) is 0 Å². The third-order valence-electron chi connectivity index (χ3n) is 3.64. The van der Waals surface area contributed by atoms with Crippen LogP contribution >= 0.6 is 0 Å². The Hall–Kier alpha value is -3.74. The van der Waals surface area contributed by atoms with E-state index in [9.17, 15) is 18.0 Å². The lowest BCUT2D eigenvalue weighted by Gasteiger charge is -2.08. The van der Waals surface area contributed by atoms with Crippen LogP contribution in [-0.4, -0.2) is 12.3 Å². The first-order valence-corrected chi connectivity index (χ1v) is 8.55. The van der Waals surface area contributed by atoms with Crippen molar-refractivity contribution in [2.24, 2.45) is 0 Å². The van der Waals surface area contributed by atoms with Gasteiger partial charge in [0.25, 0.3) is 0 Å². The molecule has 0 aliphatic heterocycles. The first-order valence-electron chi connectivity index (χ1n) is 8.55. The second-order valence-corrected chi connectivity index (χ2v) is 5.88. The minimum absolute atomic E-state index is 0.322. The molecule has 0 heterocycles. The van der Waals surface area contributed by atoms with Gasteiger partial charge < -0.3 is 14.8 Å². The zero-order valence-electron chi connectivity index (χ0n) is 15.0. The first-order chi connectivity index (χ1) is 13.9. The number of amides is 1. The molecule has 3 rings (SSSR count). The van der Waals surface area contributed by atoms with Crippen molar-refractivity contribution in [1.29, 1.82) is 0 Å². The van der Waals surface area contributed by atoms with Gasteiger partial charge in [-0.2, -0.15) is 0 Å². The molecule has 0 aromatic heterocycles. The van der Waals surface area contributed by atoms with E-state index in [0.29, 0.717) is 22.7 Å². The van der Waals surface area contributed by atoms with Crippen molar-refractivity contribution >= 4 is 17.7 Å². The lowest BCUT2D eigenvalue weighted by atomic mass is 10.2. The van der Waals surface area contributed by atoms with Gasteiger partial charge in [0.15, 0.2) is 0 Å². The molecule has 148 valence electrons. The minimum atomic E-state index is -4.74. The van der Waals surface area contributed by atoms with Gasteiger partial charge in [-0.15, -0.1) is 13.2 Å². The molecule has 1 N–H and O–H groups in total. The van der Waals surface area contributed by atoms with Crippen LogP contribution in [-0.2, 0) is 4.79 Å². The average molecular weight is 399 g/mol. The summed E-state index contributed by atoms with van der Waals surface area (Å²) in [5.74, 6) is 0.638. The molecule has 0 radical (unpaired) electrons. The first kappa shape index (κ1) is 20.0. The van der Waals surface area contributed by atoms with Crippen LogP contribution < -0.4 is 14.8 Å². The number of para-hydroxylation sites is 1. The highest BCUT2D eigenvalue weighted by molar-refractivity contribution is 6.01. The van der Waals surface area contributed by atoms with Gasteiger partial charge in [0.05, 0.1) is 0 Å². The molecule has 0 aliphatic carbocycles. The van der Waals surface area contributed by atoms with Crippen molar-refractivity contribution in [1.82, 2.24) is 0 Å². The monoisotopic (exact) mass is 399 g/mol. The number of rotatable bonds is 6. The second-order valence-electron chi connectivity index (χ2n) is 5.88. The molecule has 0 spiro atoms. The fourth-order valence-electron chi connectivity index (χ4n) is 2.37. The third kappa shape index (κ3) is 6.73. The van der Waals surface area contributed by atoms with Crippen LogP contribution in [0.5, 0.6) is 17.2 Å². The van der Waals surface area contributed by atoms with Crippen LogP contribution in [0, 0.1) is 0 Å². The molecule has 0 saturated carbocycles. The molecule has 1 amide bonds. The Bertz CT molecular complexity index is 967. The Morgan fingerprint density at radius 1 is 0.793 bits per heavy atom. The van der Waals surface area contributed by atoms with Crippen LogP contribution in [0.1, 0.15) is 5.56 Å². The minimum Gasteiger partial charge on any atom is -0.457 e. The summed E-state index contributed by atoms with van der Waals surface area (Å²) in [6, 6.07) is 21.3. The maximum absolute atomic E-state index is 12.1. The topological polar surface area (TPSA) is 47.6 Å². The van der Waals surface area contributed by atoms with Gasteiger partial charge in [0, 0.05) is 11.8 Å². The summed E-state index contributed by atoms with van der Waals surface area (Å²) in [5, 5.41) is 2.69. The van der Waals surface area contributed by atoms with Crippen molar-refractivity contribution in [2.45, 2.75) is 6.36 Å². The van der Waals surface area contributed by atoms with E-state index in [1.165, 1.54) is 36.4 Å². The molecule has 0 saturated heterocycles. The molecular formula is C22H16F3NO3. The van der Waals surface area contributed by atoms with E-state index in [1.807, 2.05) is 30.3 Å². The van der Waals surface area contributed by atoms with Gasteiger partial charge in [-0.1, -0.05) is 30.3 Å². The average Bonchev–Trinajstić information content (AvgIpc) is 2.69. The molecule has 0 aliphatic rings. The highest BCUT2D eigenvalue weighted by Gasteiger charge is 2.30. The zero-order chi connectivity index (χ0) is 20.7. The summed E-state index contributed by atoms with van der Waals surface area (Å²) < 4.78 is 45.9. The van der Waals surface area contributed by atoms with E-state index in [0.717, 1.165) is 0 Å². The molecule has 29 heavy (non-hydrogen) atoms. The molecule has 0 fully saturated rings. The van der Waals surface area contributed by atoms with Crippen molar-refractivity contribution in [3.63, 3.8) is 0 Å². The van der Waals surface area contributed by atoms with Gasteiger partial charge in [-0.3, -0.25) is 4.79 Å². The second kappa shape index (κ2) is 8.97. The molecule has 7 heteroatoms. The highest BCUT2D eigenvalue weighted by Crippen LogP contribution is 2.24. The third-order valence-corrected chi connectivity index (χ3v) is 3.64. The largest absolute Gasteiger partial charge is 0.573 e. The summed E-state index contributed by atoms with van der Waals surface area (Å²) in [4.78, 5) is 12.0. The van der Waals surface area contributed by atoms with Gasteiger partial charge in [-0.25, -0.2) is 0 Å². The molecular weight excluding hydrogens is 383 g/mol. The van der Waals surface area contributed by atoms with Crippen LogP contribution in [0.15, 0.2) is 84.9 Å². The lowest BCUT2D eigenvalue weighted by Crippen LogP contribution is -2.16. The highest BCUT2D eigenvalue weighted by atomic mass is 19.4. The lowest BCUT2D eigenvalue weighted by molar-refractivity contribution is -0.274. The molecule has 4 nitrogen and oxygen atoms in total. The summed E-state index contributed by atoms with van der Waals surface area (Å²) >= 11 is 0. The maximum Gasteiger partial charge on any atom is 0.573 e. The van der Waals surface area contributed by atoms with Gasteiger partial charge in [-0.05, 0) is 60.2 Å². The number of nitrogens with one attached hydrogen (secondary N) is 1. The number of benzene rings is 3. The molecule has 0 bridgehead atoms. The Balaban J connectivity index is 1.53. The predicted molar refractivity (Wildman–Crippen MR) is 104 cm³/mol. The standard InChI is InChI=1S/C22H16F3NO3/c23-22(24,25)29-20-11-6-16(7-12-20)8-15-21(27)26-17-9-13-19(14-10-17)28-18-4-2-1-3-5-18/h1-15H,(H,26,27)/b15-8-. The summed E-state index contributed by atoms with van der Waals surface area (Å²) in [6.07, 6.45) is -1.97. The van der Waals surface area contributed by atoms with E-state index in [4.69, 9.17) is 4.74 Å². The predicted octanol–water partition coefficient (Wildman–Crippen LogP) is 6.03. The van der Waals surface area contributed by atoms with Crippen LogP contribution in [0.25, 0.3) is 6.08 Å². The molecule has 3 aromatic carbocycles. The summed E-state index contributed by atoms with van der Waals surface area (Å²) in [6.45, 7) is 0. The maximum atomic E-state index is 12.1. The number of carbonyl (C=O) groups excluding carboxylic acids is 1. The van der Waals surface area contributed by atoms with E-state index >= 15 is 0 Å². The number of carbonyl (C=O) groups is 1. The van der Waals surface area contributed by atoms with E-state index in [2.05, 4.69) is 10.1 Å². The Kier molecular flexibility index (Phi) is 6.19. The van der Waals surface area contributed by atoms with Crippen molar-refractivity contribution in [3.05, 3.63) is 90.5 Å². The zero-order valence-corrected chi connectivity index (χ0v) is 15.0. The van der Waals surface area contributed by atoms with Crippen molar-refractivity contribution in [2.75, 3.05) is 5.32 Å². The summed E-state index contributed by atoms with van der Waals surface area (Å²) in [7, 11) is 0. The fourth-order valence-corrected chi connectivity index (χ4v) is 2.37. The van der Waals surface area contributed by atoms with E-state index in [-0.39, 0.29) is 11.7 Å². The Labute approximate surface area is 165 Å². The van der Waals surface area contributed by atoms with Crippen molar-refractivity contribution < 1.29 is 27.4 Å². The van der Waals surface area contributed by atoms with Crippen molar-refractivity contribution in [3.8, 4) is 17.2 Å².